The molecule has 1 saturated carbocycles. The Hall–Kier alpha value is -1.62. The second-order valence-electron chi connectivity index (χ2n) is 5.04. The molecule has 0 bridgehead atoms. The molecule has 104 valence electrons. The van der Waals surface area contributed by atoms with E-state index in [1.54, 1.807) is 12.4 Å². The van der Waals surface area contributed by atoms with E-state index < -0.39 is 6.09 Å². The van der Waals surface area contributed by atoms with Gasteiger partial charge in [0.25, 0.3) is 0 Å². The maximum atomic E-state index is 10.5. The summed E-state index contributed by atoms with van der Waals surface area (Å²) in [6.45, 7) is 1.37. The Labute approximate surface area is 113 Å². The molecule has 1 aliphatic carbocycles. The largest absolute Gasteiger partial charge is 0.465 e. The normalized spacial score (nSPS) is 22.9. The van der Waals surface area contributed by atoms with Gasteiger partial charge in [-0.05, 0) is 49.3 Å². The van der Waals surface area contributed by atoms with E-state index in [1.165, 1.54) is 0 Å². The lowest BCUT2D eigenvalue weighted by molar-refractivity contribution is 0.0698. The van der Waals surface area contributed by atoms with Crippen LogP contribution in [-0.4, -0.2) is 28.8 Å². The van der Waals surface area contributed by atoms with Gasteiger partial charge in [0.15, 0.2) is 0 Å². The van der Waals surface area contributed by atoms with E-state index >= 15 is 0 Å². The molecule has 0 aliphatic heterocycles. The molecule has 0 saturated heterocycles. The van der Waals surface area contributed by atoms with Gasteiger partial charge in [0.2, 0.25) is 0 Å². The van der Waals surface area contributed by atoms with Gasteiger partial charge in [-0.1, -0.05) is 0 Å². The van der Waals surface area contributed by atoms with Crippen molar-refractivity contribution in [3.63, 3.8) is 0 Å². The van der Waals surface area contributed by atoms with Crippen LogP contribution in [0.4, 0.5) is 4.79 Å². The number of ether oxygens (including phenoxy) is 1. The average molecular weight is 264 g/mol. The molecule has 0 aromatic carbocycles. The molecule has 0 radical (unpaired) electrons. The molecular weight excluding hydrogens is 244 g/mol. The van der Waals surface area contributed by atoms with Crippen LogP contribution in [0.15, 0.2) is 24.5 Å². The monoisotopic (exact) mass is 264 g/mol. The SMILES string of the molecule is O=C(O)N[C@H]1CC[C@H](COCc2ccncc2)CC1. The topological polar surface area (TPSA) is 71.5 Å². The van der Waals surface area contributed by atoms with E-state index in [4.69, 9.17) is 9.84 Å². The minimum atomic E-state index is -0.919. The van der Waals surface area contributed by atoms with Gasteiger partial charge in [-0.15, -0.1) is 0 Å². The summed E-state index contributed by atoms with van der Waals surface area (Å²) >= 11 is 0. The standard InChI is InChI=1S/C14H20N2O3/c17-14(18)16-13-3-1-11(2-4-13)9-19-10-12-5-7-15-8-6-12/h5-8,11,13,16H,1-4,9-10H2,(H,17,18)/t11-,13-. The first-order valence-electron chi connectivity index (χ1n) is 6.70. The zero-order valence-corrected chi connectivity index (χ0v) is 10.9. The summed E-state index contributed by atoms with van der Waals surface area (Å²) in [7, 11) is 0. The Morgan fingerprint density at radius 1 is 1.32 bits per heavy atom. The van der Waals surface area contributed by atoms with E-state index in [2.05, 4.69) is 10.3 Å². The molecule has 1 aromatic heterocycles. The van der Waals surface area contributed by atoms with Crippen molar-refractivity contribution < 1.29 is 14.6 Å². The second kappa shape index (κ2) is 7.09. The van der Waals surface area contributed by atoms with Gasteiger partial charge < -0.3 is 15.2 Å². The van der Waals surface area contributed by atoms with Crippen LogP contribution in [0.5, 0.6) is 0 Å². The predicted octanol–water partition coefficient (Wildman–Crippen LogP) is 2.42. The maximum Gasteiger partial charge on any atom is 0.404 e. The maximum absolute atomic E-state index is 10.5. The Balaban J connectivity index is 1.62. The zero-order chi connectivity index (χ0) is 13.5. The highest BCUT2D eigenvalue weighted by Gasteiger charge is 2.22. The predicted molar refractivity (Wildman–Crippen MR) is 70.8 cm³/mol. The Morgan fingerprint density at radius 2 is 2.00 bits per heavy atom. The van der Waals surface area contributed by atoms with Crippen LogP contribution in [0.2, 0.25) is 0 Å². The van der Waals surface area contributed by atoms with Crippen molar-refractivity contribution in [1.29, 1.82) is 0 Å². The molecular formula is C14H20N2O3. The van der Waals surface area contributed by atoms with E-state index in [9.17, 15) is 4.79 Å². The number of pyridine rings is 1. The zero-order valence-electron chi connectivity index (χ0n) is 10.9. The van der Waals surface area contributed by atoms with Crippen LogP contribution < -0.4 is 5.32 Å². The molecule has 5 heteroatoms. The highest BCUT2D eigenvalue weighted by Crippen LogP contribution is 2.24. The van der Waals surface area contributed by atoms with E-state index in [0.29, 0.717) is 12.5 Å². The van der Waals surface area contributed by atoms with E-state index in [0.717, 1.165) is 37.9 Å². The molecule has 5 nitrogen and oxygen atoms in total. The van der Waals surface area contributed by atoms with Gasteiger partial charge in [0.1, 0.15) is 0 Å². The number of nitrogens with zero attached hydrogens (tertiary/aromatic N) is 1. The molecule has 1 fully saturated rings. The summed E-state index contributed by atoms with van der Waals surface area (Å²) in [4.78, 5) is 14.5. The summed E-state index contributed by atoms with van der Waals surface area (Å²) < 4.78 is 5.71. The number of rotatable bonds is 5. The third-order valence-electron chi connectivity index (χ3n) is 3.55. The number of nitrogens with one attached hydrogen (secondary N) is 1. The number of hydrogen-bond donors (Lipinski definition) is 2. The lowest BCUT2D eigenvalue weighted by Gasteiger charge is -2.28. The van der Waals surface area contributed by atoms with Crippen LogP contribution >= 0.6 is 0 Å². The lowest BCUT2D eigenvalue weighted by Crippen LogP contribution is -2.37. The van der Waals surface area contributed by atoms with Gasteiger partial charge in [-0.25, -0.2) is 4.79 Å². The van der Waals surface area contributed by atoms with Gasteiger partial charge in [-0.3, -0.25) is 4.98 Å². The number of carbonyl (C=O) groups is 1. The Bertz CT molecular complexity index is 389. The molecule has 2 rings (SSSR count). The number of amides is 1. The van der Waals surface area contributed by atoms with Crippen LogP contribution in [-0.2, 0) is 11.3 Å². The first-order chi connectivity index (χ1) is 9.24. The molecule has 1 aliphatic rings. The fourth-order valence-corrected chi connectivity index (χ4v) is 2.47. The fourth-order valence-electron chi connectivity index (χ4n) is 2.47. The second-order valence-corrected chi connectivity index (χ2v) is 5.04. The molecule has 1 heterocycles. The summed E-state index contributed by atoms with van der Waals surface area (Å²) in [5, 5.41) is 11.2. The van der Waals surface area contributed by atoms with Crippen molar-refractivity contribution >= 4 is 6.09 Å². The Morgan fingerprint density at radius 3 is 2.63 bits per heavy atom. The lowest BCUT2D eigenvalue weighted by atomic mass is 9.86. The molecule has 19 heavy (non-hydrogen) atoms. The third-order valence-corrected chi connectivity index (χ3v) is 3.55. The highest BCUT2D eigenvalue weighted by molar-refractivity contribution is 5.64. The van der Waals surface area contributed by atoms with Crippen LogP contribution in [0.1, 0.15) is 31.2 Å². The van der Waals surface area contributed by atoms with Crippen molar-refractivity contribution in [3.05, 3.63) is 30.1 Å². The molecule has 1 amide bonds. The summed E-state index contributed by atoms with van der Waals surface area (Å²) in [6.07, 6.45) is 6.49. The third kappa shape index (κ3) is 4.87. The van der Waals surface area contributed by atoms with Crippen molar-refractivity contribution in [1.82, 2.24) is 10.3 Å². The number of aromatic nitrogens is 1. The highest BCUT2D eigenvalue weighted by atomic mass is 16.5. The van der Waals surface area contributed by atoms with Crippen LogP contribution in [0, 0.1) is 5.92 Å². The van der Waals surface area contributed by atoms with Crippen molar-refractivity contribution in [2.45, 2.75) is 38.3 Å². The summed E-state index contributed by atoms with van der Waals surface area (Å²) in [5.41, 5.74) is 1.14. The molecule has 1 aromatic rings. The van der Waals surface area contributed by atoms with E-state index in [-0.39, 0.29) is 6.04 Å². The van der Waals surface area contributed by atoms with Crippen molar-refractivity contribution in [3.8, 4) is 0 Å². The van der Waals surface area contributed by atoms with Gasteiger partial charge in [0, 0.05) is 25.0 Å². The molecule has 0 unspecified atom stereocenters. The molecule has 0 spiro atoms. The first kappa shape index (κ1) is 13.8. The Kier molecular flexibility index (Phi) is 5.15. The minimum absolute atomic E-state index is 0.119. The molecule has 2 N–H and O–H groups in total. The average Bonchev–Trinajstić information content (AvgIpc) is 2.41. The van der Waals surface area contributed by atoms with Gasteiger partial charge in [-0.2, -0.15) is 0 Å². The quantitative estimate of drug-likeness (QED) is 0.856. The number of carboxylic acid groups (broad SMARTS) is 1. The van der Waals surface area contributed by atoms with Crippen LogP contribution in [0.25, 0.3) is 0 Å². The van der Waals surface area contributed by atoms with Crippen molar-refractivity contribution in [2.24, 2.45) is 5.92 Å². The van der Waals surface area contributed by atoms with Gasteiger partial charge >= 0.3 is 6.09 Å². The number of hydrogen-bond acceptors (Lipinski definition) is 3. The van der Waals surface area contributed by atoms with Gasteiger partial charge in [0.05, 0.1) is 6.61 Å². The first-order valence-corrected chi connectivity index (χ1v) is 6.70. The fraction of sp³-hybridized carbons (Fsp3) is 0.571. The summed E-state index contributed by atoms with van der Waals surface area (Å²) in [5.74, 6) is 0.550. The minimum Gasteiger partial charge on any atom is -0.465 e. The molecule has 0 atom stereocenters. The van der Waals surface area contributed by atoms with Crippen molar-refractivity contribution in [2.75, 3.05) is 6.61 Å². The van der Waals surface area contributed by atoms with E-state index in [1.807, 2.05) is 12.1 Å². The summed E-state index contributed by atoms with van der Waals surface area (Å²) in [6, 6.07) is 4.02. The van der Waals surface area contributed by atoms with Crippen LogP contribution in [0.3, 0.4) is 0 Å². The smallest absolute Gasteiger partial charge is 0.404 e.